The van der Waals surface area contributed by atoms with E-state index in [0.29, 0.717) is 17.4 Å². The molecule has 0 saturated heterocycles. The predicted octanol–water partition coefficient (Wildman–Crippen LogP) is 2.25. The number of nitrogens with one attached hydrogen (secondary N) is 1. The summed E-state index contributed by atoms with van der Waals surface area (Å²) in [6, 6.07) is 15.2. The summed E-state index contributed by atoms with van der Waals surface area (Å²) in [4.78, 5) is 20.7. The zero-order valence-corrected chi connectivity index (χ0v) is 17.3. The Hall–Kier alpha value is -2.64. The Morgan fingerprint density at radius 2 is 1.93 bits per heavy atom. The molecule has 1 heterocycles. The van der Waals surface area contributed by atoms with Crippen LogP contribution in [0.3, 0.4) is 0 Å². The third kappa shape index (κ3) is 5.21. The number of nitrogens with zero attached hydrogens (tertiary/aromatic N) is 2. The van der Waals surface area contributed by atoms with Crippen molar-refractivity contribution in [1.29, 1.82) is 0 Å². The highest BCUT2D eigenvalue weighted by Crippen LogP contribution is 2.31. The highest BCUT2D eigenvalue weighted by atomic mass is 32.1. The molecule has 0 unspecified atom stereocenters. The van der Waals surface area contributed by atoms with Crippen molar-refractivity contribution < 1.29 is 19.2 Å². The summed E-state index contributed by atoms with van der Waals surface area (Å²) in [7, 11) is 5.85. The first-order chi connectivity index (χ1) is 13.6. The molecule has 0 fully saturated rings. The molecule has 0 atom stereocenters. The number of ether oxygens (including phenoxy) is 2. The van der Waals surface area contributed by atoms with E-state index in [0.717, 1.165) is 28.9 Å². The Kier molecular flexibility index (Phi) is 6.84. The Labute approximate surface area is 169 Å². The molecule has 28 heavy (non-hydrogen) atoms. The van der Waals surface area contributed by atoms with Gasteiger partial charge in [0.15, 0.2) is 11.7 Å². The van der Waals surface area contributed by atoms with Crippen molar-refractivity contribution in [2.24, 2.45) is 0 Å². The summed E-state index contributed by atoms with van der Waals surface area (Å²) in [6.45, 7) is 1.57. The summed E-state index contributed by atoms with van der Waals surface area (Å²) >= 11 is 1.51. The molecular weight excluding hydrogens is 374 g/mol. The summed E-state index contributed by atoms with van der Waals surface area (Å²) in [5, 5.41) is 0.693. The molecule has 0 saturated carbocycles. The molecule has 1 amide bonds. The van der Waals surface area contributed by atoms with Gasteiger partial charge >= 0.3 is 0 Å². The van der Waals surface area contributed by atoms with E-state index in [1.807, 2.05) is 48.5 Å². The fraction of sp³-hybridized carbons (Fsp3) is 0.333. The number of rotatable bonds is 9. The number of methoxy groups -OCH3 is 1. The van der Waals surface area contributed by atoms with Crippen LogP contribution < -0.4 is 19.3 Å². The lowest BCUT2D eigenvalue weighted by atomic mass is 10.3. The van der Waals surface area contributed by atoms with Crippen LogP contribution in [0.4, 0.5) is 5.13 Å². The van der Waals surface area contributed by atoms with Crippen LogP contribution in [-0.2, 0) is 4.79 Å². The molecule has 0 aliphatic carbocycles. The number of quaternary nitrogens is 1. The van der Waals surface area contributed by atoms with Crippen LogP contribution in [0.25, 0.3) is 10.2 Å². The van der Waals surface area contributed by atoms with E-state index < -0.39 is 0 Å². The number of anilines is 1. The second-order valence-corrected chi connectivity index (χ2v) is 7.80. The molecule has 0 aliphatic heterocycles. The fourth-order valence-electron chi connectivity index (χ4n) is 2.79. The Bertz CT molecular complexity index is 912. The van der Waals surface area contributed by atoms with Gasteiger partial charge in [0, 0.05) is 19.0 Å². The number of hydrogen-bond donors (Lipinski definition) is 1. The molecule has 2 aromatic carbocycles. The molecule has 0 radical (unpaired) electrons. The number of para-hydroxylation sites is 1. The van der Waals surface area contributed by atoms with Gasteiger partial charge in [0.25, 0.3) is 5.91 Å². The minimum atomic E-state index is -0.0939. The lowest BCUT2D eigenvalue weighted by Crippen LogP contribution is -3.05. The van der Waals surface area contributed by atoms with Gasteiger partial charge in [0.1, 0.15) is 11.5 Å². The van der Waals surface area contributed by atoms with Crippen LogP contribution in [-0.4, -0.2) is 51.8 Å². The van der Waals surface area contributed by atoms with Crippen LogP contribution in [0.5, 0.6) is 11.5 Å². The second-order valence-electron chi connectivity index (χ2n) is 6.79. The van der Waals surface area contributed by atoms with E-state index in [1.54, 1.807) is 12.0 Å². The molecule has 0 bridgehead atoms. The average Bonchev–Trinajstić information content (AvgIpc) is 3.12. The highest BCUT2D eigenvalue weighted by molar-refractivity contribution is 7.22. The Morgan fingerprint density at radius 1 is 1.14 bits per heavy atom. The van der Waals surface area contributed by atoms with Gasteiger partial charge in [0.2, 0.25) is 0 Å². The van der Waals surface area contributed by atoms with Gasteiger partial charge in [-0.3, -0.25) is 9.69 Å². The first-order valence-electron chi connectivity index (χ1n) is 9.28. The maximum atomic E-state index is 12.9. The number of benzene rings is 2. The van der Waals surface area contributed by atoms with Gasteiger partial charge in [0.05, 0.1) is 38.0 Å². The van der Waals surface area contributed by atoms with Crippen molar-refractivity contribution in [2.75, 3.05) is 45.8 Å². The van der Waals surface area contributed by atoms with E-state index in [4.69, 9.17) is 9.47 Å². The first-order valence-corrected chi connectivity index (χ1v) is 10.1. The SMILES string of the molecule is COc1ccc2sc(N(CCC[NH+](C)C)C(=O)COc3ccccc3)nc2c1. The Balaban J connectivity index is 1.78. The van der Waals surface area contributed by atoms with Gasteiger partial charge in [-0.05, 0) is 24.3 Å². The number of hydrogen-bond acceptors (Lipinski definition) is 5. The normalized spacial score (nSPS) is 11.0. The maximum Gasteiger partial charge on any atom is 0.266 e. The van der Waals surface area contributed by atoms with Crippen LogP contribution in [0, 0.1) is 0 Å². The number of fused-ring (bicyclic) bond motifs is 1. The van der Waals surface area contributed by atoms with E-state index in [1.165, 1.54) is 16.2 Å². The van der Waals surface area contributed by atoms with E-state index in [9.17, 15) is 4.79 Å². The van der Waals surface area contributed by atoms with Gasteiger partial charge in [-0.1, -0.05) is 29.5 Å². The monoisotopic (exact) mass is 400 g/mol. The van der Waals surface area contributed by atoms with E-state index in [-0.39, 0.29) is 12.5 Å². The molecular formula is C21H26N3O3S+. The smallest absolute Gasteiger partial charge is 0.266 e. The lowest BCUT2D eigenvalue weighted by molar-refractivity contribution is -0.858. The number of carbonyl (C=O) groups excluding carboxylic acids is 1. The molecule has 0 aliphatic rings. The van der Waals surface area contributed by atoms with Gasteiger partial charge in [-0.2, -0.15) is 0 Å². The number of thiazole rings is 1. The molecule has 6 nitrogen and oxygen atoms in total. The van der Waals surface area contributed by atoms with Crippen LogP contribution in [0.2, 0.25) is 0 Å². The zero-order chi connectivity index (χ0) is 19.9. The number of amides is 1. The highest BCUT2D eigenvalue weighted by Gasteiger charge is 2.20. The van der Waals surface area contributed by atoms with E-state index in [2.05, 4.69) is 19.1 Å². The van der Waals surface area contributed by atoms with Crippen molar-refractivity contribution >= 4 is 32.6 Å². The molecule has 1 aromatic heterocycles. The standard InChI is InChI=1S/C21H25N3O3S/c1-23(2)12-7-13-24(20(25)15-27-16-8-5-4-6-9-16)21-22-18-14-17(26-3)10-11-19(18)28-21/h4-6,8-11,14H,7,12-13,15H2,1-3H3/p+1. The number of carbonyl (C=O) groups is 1. The quantitative estimate of drug-likeness (QED) is 0.599. The second kappa shape index (κ2) is 9.52. The van der Waals surface area contributed by atoms with Gasteiger partial charge in [-0.25, -0.2) is 4.98 Å². The van der Waals surface area contributed by atoms with Crippen LogP contribution in [0.1, 0.15) is 6.42 Å². The Morgan fingerprint density at radius 3 is 2.64 bits per heavy atom. The largest absolute Gasteiger partial charge is 0.497 e. The maximum absolute atomic E-state index is 12.9. The lowest BCUT2D eigenvalue weighted by Gasteiger charge is -2.20. The zero-order valence-electron chi connectivity index (χ0n) is 16.5. The van der Waals surface area contributed by atoms with Crippen molar-refractivity contribution in [3.05, 3.63) is 48.5 Å². The summed E-state index contributed by atoms with van der Waals surface area (Å²) in [6.07, 6.45) is 0.888. The molecule has 3 aromatic rings. The third-order valence-corrected chi connectivity index (χ3v) is 5.34. The molecule has 7 heteroatoms. The molecule has 3 rings (SSSR count). The first kappa shape index (κ1) is 20.1. The minimum absolute atomic E-state index is 0.0158. The number of aromatic nitrogens is 1. The van der Waals surface area contributed by atoms with Gasteiger partial charge in [-0.15, -0.1) is 0 Å². The third-order valence-electron chi connectivity index (χ3n) is 4.28. The van der Waals surface area contributed by atoms with Crippen LogP contribution >= 0.6 is 11.3 Å². The van der Waals surface area contributed by atoms with Gasteiger partial charge < -0.3 is 14.4 Å². The molecule has 148 valence electrons. The predicted molar refractivity (Wildman–Crippen MR) is 113 cm³/mol. The van der Waals surface area contributed by atoms with Crippen LogP contribution in [0.15, 0.2) is 48.5 Å². The topological polar surface area (TPSA) is 56.1 Å². The summed E-state index contributed by atoms with van der Waals surface area (Å²) < 4.78 is 12.0. The minimum Gasteiger partial charge on any atom is -0.497 e. The fourth-order valence-corrected chi connectivity index (χ4v) is 3.78. The van der Waals surface area contributed by atoms with Crippen molar-refractivity contribution in [1.82, 2.24) is 4.98 Å². The van der Waals surface area contributed by atoms with Crippen molar-refractivity contribution in [3.63, 3.8) is 0 Å². The summed E-state index contributed by atoms with van der Waals surface area (Å²) in [5.74, 6) is 1.34. The molecule has 1 N–H and O–H groups in total. The molecule has 0 spiro atoms. The summed E-state index contributed by atoms with van der Waals surface area (Å²) in [5.41, 5.74) is 0.833. The van der Waals surface area contributed by atoms with Crippen molar-refractivity contribution in [2.45, 2.75) is 6.42 Å². The average molecular weight is 401 g/mol. The van der Waals surface area contributed by atoms with Crippen molar-refractivity contribution in [3.8, 4) is 11.5 Å². The van der Waals surface area contributed by atoms with E-state index >= 15 is 0 Å².